The van der Waals surface area contributed by atoms with Gasteiger partial charge >= 0.3 is 5.97 Å². The first-order valence-electron chi connectivity index (χ1n) is 7.69. The summed E-state index contributed by atoms with van der Waals surface area (Å²) in [6, 6.07) is 7.27. The van der Waals surface area contributed by atoms with Crippen molar-refractivity contribution in [2.45, 2.75) is 32.5 Å². The van der Waals surface area contributed by atoms with Crippen molar-refractivity contribution in [2.24, 2.45) is 0 Å². The number of carboxylic acid groups (broad SMARTS) is 1. The minimum absolute atomic E-state index is 0.320. The summed E-state index contributed by atoms with van der Waals surface area (Å²) in [5.74, 6) is -1.43. The van der Waals surface area contributed by atoms with Gasteiger partial charge in [0.1, 0.15) is 17.9 Å². The van der Waals surface area contributed by atoms with E-state index >= 15 is 0 Å². The monoisotopic (exact) mass is 328 g/mol. The Balaban J connectivity index is 1.95. The molecule has 1 atom stereocenters. The Labute approximate surface area is 138 Å². The summed E-state index contributed by atoms with van der Waals surface area (Å²) in [6.07, 6.45) is 0.706. The minimum atomic E-state index is -1.02. The zero-order valence-corrected chi connectivity index (χ0v) is 13.2. The number of aliphatic carboxylic acids is 1. The third kappa shape index (κ3) is 3.01. The molecule has 1 aromatic carbocycles. The predicted octanol–water partition coefficient (Wildman–Crippen LogP) is 2.23. The highest BCUT2D eigenvalue weighted by Gasteiger charge is 2.30. The molecule has 1 aliphatic rings. The average Bonchev–Trinajstić information content (AvgIpc) is 2.83. The van der Waals surface area contributed by atoms with Gasteiger partial charge < -0.3 is 5.11 Å². The molecule has 1 aliphatic heterocycles. The van der Waals surface area contributed by atoms with Gasteiger partial charge in [0.25, 0.3) is 0 Å². The van der Waals surface area contributed by atoms with Crippen LogP contribution in [0.3, 0.4) is 0 Å². The molecular weight excluding hydrogens is 311 g/mol. The molecule has 0 fully saturated rings. The molecule has 2 aromatic rings. The summed E-state index contributed by atoms with van der Waals surface area (Å²) in [5.41, 5.74) is 2.01. The second kappa shape index (κ2) is 6.42. The normalized spacial score (nSPS) is 16.0. The third-order valence-electron chi connectivity index (χ3n) is 4.27. The number of carboxylic acids is 1. The molecule has 7 heteroatoms. The molecule has 24 heavy (non-hydrogen) atoms. The van der Waals surface area contributed by atoms with Crippen LogP contribution in [-0.2, 0) is 17.9 Å². The standard InChI is InChI=1S/C17H17FN4O2/c1-11-3-4-12(7-15(11)18)16(17(23)24)21-5-2-6-22-14(10-21)8-13(9-19)20-22/h3-4,7-8,16H,2,5-6,10H2,1H3,(H,23,24). The van der Waals surface area contributed by atoms with Gasteiger partial charge in [-0.2, -0.15) is 10.4 Å². The molecule has 1 N–H and O–H groups in total. The van der Waals surface area contributed by atoms with Crippen LogP contribution in [0.15, 0.2) is 24.3 Å². The van der Waals surface area contributed by atoms with Gasteiger partial charge in [0.05, 0.1) is 5.69 Å². The Kier molecular flexibility index (Phi) is 4.32. The van der Waals surface area contributed by atoms with E-state index in [0.29, 0.717) is 42.9 Å². The van der Waals surface area contributed by atoms with Crippen molar-refractivity contribution in [1.82, 2.24) is 14.7 Å². The van der Waals surface area contributed by atoms with Crippen molar-refractivity contribution in [2.75, 3.05) is 6.54 Å². The maximum atomic E-state index is 13.9. The van der Waals surface area contributed by atoms with E-state index in [1.54, 1.807) is 34.7 Å². The molecule has 1 unspecified atom stereocenters. The molecule has 0 aliphatic carbocycles. The van der Waals surface area contributed by atoms with E-state index < -0.39 is 17.8 Å². The van der Waals surface area contributed by atoms with Crippen LogP contribution in [0.25, 0.3) is 0 Å². The number of hydrogen-bond donors (Lipinski definition) is 1. The van der Waals surface area contributed by atoms with Gasteiger partial charge in [-0.05, 0) is 36.6 Å². The van der Waals surface area contributed by atoms with E-state index in [-0.39, 0.29) is 0 Å². The van der Waals surface area contributed by atoms with Gasteiger partial charge in [-0.1, -0.05) is 12.1 Å². The summed E-state index contributed by atoms with van der Waals surface area (Å²) in [4.78, 5) is 13.6. The Morgan fingerprint density at radius 2 is 2.21 bits per heavy atom. The molecule has 2 heterocycles. The lowest BCUT2D eigenvalue weighted by molar-refractivity contribution is -0.143. The highest BCUT2D eigenvalue weighted by atomic mass is 19.1. The molecule has 0 spiro atoms. The number of halogens is 1. The van der Waals surface area contributed by atoms with E-state index in [9.17, 15) is 14.3 Å². The smallest absolute Gasteiger partial charge is 0.325 e. The van der Waals surface area contributed by atoms with Gasteiger partial charge in [0.15, 0.2) is 5.69 Å². The zero-order chi connectivity index (χ0) is 17.3. The number of hydrogen-bond acceptors (Lipinski definition) is 4. The molecule has 0 saturated heterocycles. The average molecular weight is 328 g/mol. The lowest BCUT2D eigenvalue weighted by Gasteiger charge is -2.27. The van der Waals surface area contributed by atoms with Crippen molar-refractivity contribution < 1.29 is 14.3 Å². The van der Waals surface area contributed by atoms with Crippen molar-refractivity contribution in [3.05, 3.63) is 52.6 Å². The summed E-state index contributed by atoms with van der Waals surface area (Å²) in [6.45, 7) is 3.17. The summed E-state index contributed by atoms with van der Waals surface area (Å²) >= 11 is 0. The molecule has 6 nitrogen and oxygen atoms in total. The Morgan fingerprint density at radius 3 is 2.88 bits per heavy atom. The molecular formula is C17H17FN4O2. The zero-order valence-electron chi connectivity index (χ0n) is 13.2. The fraction of sp³-hybridized carbons (Fsp3) is 0.353. The molecule has 0 radical (unpaired) electrons. The van der Waals surface area contributed by atoms with E-state index in [1.165, 1.54) is 6.07 Å². The van der Waals surface area contributed by atoms with Crippen LogP contribution in [-0.4, -0.2) is 32.3 Å². The third-order valence-corrected chi connectivity index (χ3v) is 4.27. The minimum Gasteiger partial charge on any atom is -0.480 e. The summed E-state index contributed by atoms with van der Waals surface area (Å²) in [5, 5.41) is 22.9. The molecule has 0 saturated carbocycles. The number of carbonyl (C=O) groups is 1. The first-order valence-corrected chi connectivity index (χ1v) is 7.69. The number of rotatable bonds is 3. The van der Waals surface area contributed by atoms with Crippen molar-refractivity contribution in [3.8, 4) is 6.07 Å². The largest absolute Gasteiger partial charge is 0.480 e. The Morgan fingerprint density at radius 1 is 1.42 bits per heavy atom. The first kappa shape index (κ1) is 16.1. The van der Waals surface area contributed by atoms with Crippen LogP contribution in [0, 0.1) is 24.1 Å². The molecule has 3 rings (SSSR count). The number of aromatic nitrogens is 2. The number of nitrogens with zero attached hydrogens (tertiary/aromatic N) is 4. The Bertz CT molecular complexity index is 824. The van der Waals surface area contributed by atoms with Crippen LogP contribution in [0.5, 0.6) is 0 Å². The molecule has 1 aromatic heterocycles. The second-order valence-electron chi connectivity index (χ2n) is 5.93. The van der Waals surface area contributed by atoms with Gasteiger partial charge in [0, 0.05) is 19.6 Å². The fourth-order valence-corrected chi connectivity index (χ4v) is 3.05. The van der Waals surface area contributed by atoms with E-state index in [0.717, 1.165) is 5.69 Å². The van der Waals surface area contributed by atoms with Crippen LogP contribution in [0.1, 0.15) is 35.0 Å². The number of fused-ring (bicyclic) bond motifs is 1. The topological polar surface area (TPSA) is 82.2 Å². The molecule has 0 amide bonds. The van der Waals surface area contributed by atoms with Crippen LogP contribution < -0.4 is 0 Å². The maximum absolute atomic E-state index is 13.9. The first-order chi connectivity index (χ1) is 11.5. The van der Waals surface area contributed by atoms with Gasteiger partial charge in [-0.3, -0.25) is 14.4 Å². The van der Waals surface area contributed by atoms with Crippen molar-refractivity contribution in [3.63, 3.8) is 0 Å². The maximum Gasteiger partial charge on any atom is 0.325 e. The molecule has 0 bridgehead atoms. The second-order valence-corrected chi connectivity index (χ2v) is 5.93. The summed E-state index contributed by atoms with van der Waals surface area (Å²) < 4.78 is 15.6. The Hall–Kier alpha value is -2.72. The number of benzene rings is 1. The number of aryl methyl sites for hydroxylation is 2. The van der Waals surface area contributed by atoms with Crippen LogP contribution >= 0.6 is 0 Å². The summed E-state index contributed by atoms with van der Waals surface area (Å²) in [7, 11) is 0. The van der Waals surface area contributed by atoms with E-state index in [1.807, 2.05) is 6.07 Å². The van der Waals surface area contributed by atoms with Crippen molar-refractivity contribution in [1.29, 1.82) is 5.26 Å². The lowest BCUT2D eigenvalue weighted by atomic mass is 10.0. The van der Waals surface area contributed by atoms with Crippen molar-refractivity contribution >= 4 is 5.97 Å². The van der Waals surface area contributed by atoms with E-state index in [4.69, 9.17) is 5.26 Å². The highest BCUT2D eigenvalue weighted by molar-refractivity contribution is 5.75. The van der Waals surface area contributed by atoms with E-state index in [2.05, 4.69) is 5.10 Å². The van der Waals surface area contributed by atoms with Crippen LogP contribution in [0.2, 0.25) is 0 Å². The van der Waals surface area contributed by atoms with Gasteiger partial charge in [-0.25, -0.2) is 4.39 Å². The number of nitriles is 1. The highest BCUT2D eigenvalue weighted by Crippen LogP contribution is 2.27. The quantitative estimate of drug-likeness (QED) is 0.934. The predicted molar refractivity (Wildman–Crippen MR) is 83.5 cm³/mol. The SMILES string of the molecule is Cc1ccc(C(C(=O)O)N2CCCn3nc(C#N)cc3C2)cc1F. The van der Waals surface area contributed by atoms with Crippen LogP contribution in [0.4, 0.5) is 4.39 Å². The lowest BCUT2D eigenvalue weighted by Crippen LogP contribution is -2.34. The fourth-order valence-electron chi connectivity index (χ4n) is 3.05. The van der Waals surface area contributed by atoms with Gasteiger partial charge in [-0.15, -0.1) is 0 Å². The van der Waals surface area contributed by atoms with Gasteiger partial charge in [0.2, 0.25) is 0 Å². The molecule has 124 valence electrons.